The number of halogens is 1. The summed E-state index contributed by atoms with van der Waals surface area (Å²) in [6, 6.07) is 1.52. The van der Waals surface area contributed by atoms with Crippen molar-refractivity contribution in [1.82, 2.24) is 19.5 Å². The molecule has 0 fully saturated rings. The van der Waals surface area contributed by atoms with Gasteiger partial charge in [0.1, 0.15) is 10.7 Å². The molecular formula is C12H16BrN5O2S. The van der Waals surface area contributed by atoms with E-state index in [1.165, 1.54) is 6.07 Å². The fourth-order valence-corrected chi connectivity index (χ4v) is 3.40. The monoisotopic (exact) mass is 373 g/mol. The standard InChI is InChI=1S/C12H16BrN5O2S/c1-3-14-12-11(4-10(13)7-15-12)21(19,20)17-6-9-5-16-18(2)8-9/h4-5,7-8,17H,3,6H2,1-2H3,(H,14,15). The summed E-state index contributed by atoms with van der Waals surface area (Å²) in [5.41, 5.74) is 0.786. The molecule has 0 amide bonds. The number of aryl methyl sites for hydroxylation is 1. The second-order valence-corrected chi connectivity index (χ2v) is 7.03. The van der Waals surface area contributed by atoms with Crippen molar-refractivity contribution in [2.45, 2.75) is 18.4 Å². The average Bonchev–Trinajstić information content (AvgIpc) is 2.85. The lowest BCUT2D eigenvalue weighted by Crippen LogP contribution is -2.24. The summed E-state index contributed by atoms with van der Waals surface area (Å²) in [6.07, 6.45) is 4.93. The van der Waals surface area contributed by atoms with Gasteiger partial charge in [0.2, 0.25) is 10.0 Å². The van der Waals surface area contributed by atoms with Crippen molar-refractivity contribution in [2.75, 3.05) is 11.9 Å². The predicted octanol–water partition coefficient (Wildman–Crippen LogP) is 1.49. The Kier molecular flexibility index (Phi) is 4.96. The van der Waals surface area contributed by atoms with Gasteiger partial charge < -0.3 is 5.32 Å². The van der Waals surface area contributed by atoms with Crippen LogP contribution < -0.4 is 10.0 Å². The summed E-state index contributed by atoms with van der Waals surface area (Å²) in [7, 11) is -1.89. The highest BCUT2D eigenvalue weighted by molar-refractivity contribution is 9.10. The molecule has 0 saturated heterocycles. The molecule has 0 aliphatic carbocycles. The molecule has 9 heteroatoms. The van der Waals surface area contributed by atoms with Crippen LogP contribution in [-0.4, -0.2) is 29.7 Å². The summed E-state index contributed by atoms with van der Waals surface area (Å²) in [5.74, 6) is 0.333. The van der Waals surface area contributed by atoms with Gasteiger partial charge in [-0.05, 0) is 28.9 Å². The Hall–Kier alpha value is -1.45. The normalized spacial score (nSPS) is 11.6. The van der Waals surface area contributed by atoms with Gasteiger partial charge in [-0.25, -0.2) is 18.1 Å². The van der Waals surface area contributed by atoms with Crippen LogP contribution >= 0.6 is 15.9 Å². The topological polar surface area (TPSA) is 88.9 Å². The van der Waals surface area contributed by atoms with Crippen LogP contribution in [0.1, 0.15) is 12.5 Å². The summed E-state index contributed by atoms with van der Waals surface area (Å²) in [5, 5.41) is 6.94. The molecule has 0 spiro atoms. The SMILES string of the molecule is CCNc1ncc(Br)cc1S(=O)(=O)NCc1cnn(C)c1. The molecule has 2 N–H and O–H groups in total. The van der Waals surface area contributed by atoms with Crippen LogP contribution in [0.2, 0.25) is 0 Å². The van der Waals surface area contributed by atoms with Crippen molar-refractivity contribution >= 4 is 31.8 Å². The van der Waals surface area contributed by atoms with Crippen LogP contribution in [0, 0.1) is 0 Å². The highest BCUT2D eigenvalue weighted by Gasteiger charge is 2.20. The zero-order valence-electron chi connectivity index (χ0n) is 11.7. The fraction of sp³-hybridized carbons (Fsp3) is 0.333. The molecule has 2 rings (SSSR count). The Morgan fingerprint density at radius 2 is 2.14 bits per heavy atom. The first-order chi connectivity index (χ1) is 9.92. The van der Waals surface area contributed by atoms with Gasteiger partial charge in [0.05, 0.1) is 6.20 Å². The molecule has 2 heterocycles. The maximum Gasteiger partial charge on any atom is 0.244 e. The predicted molar refractivity (Wildman–Crippen MR) is 83.3 cm³/mol. The summed E-state index contributed by atoms with van der Waals surface area (Å²) in [6.45, 7) is 2.64. The van der Waals surface area contributed by atoms with Crippen LogP contribution in [0.3, 0.4) is 0 Å². The Morgan fingerprint density at radius 3 is 2.76 bits per heavy atom. The van der Waals surface area contributed by atoms with Crippen molar-refractivity contribution in [2.24, 2.45) is 7.05 Å². The molecule has 0 aliphatic heterocycles. The fourth-order valence-electron chi connectivity index (χ4n) is 1.75. The molecule has 0 bridgehead atoms. The highest BCUT2D eigenvalue weighted by atomic mass is 79.9. The van der Waals surface area contributed by atoms with Gasteiger partial charge in [0.25, 0.3) is 0 Å². The number of nitrogens with zero attached hydrogens (tertiary/aromatic N) is 3. The minimum Gasteiger partial charge on any atom is -0.369 e. The molecule has 0 aliphatic rings. The first-order valence-electron chi connectivity index (χ1n) is 6.29. The number of rotatable bonds is 6. The third kappa shape index (κ3) is 4.02. The van der Waals surface area contributed by atoms with Crippen molar-refractivity contribution in [1.29, 1.82) is 0 Å². The molecule has 0 unspecified atom stereocenters. The van der Waals surface area contributed by atoms with Crippen molar-refractivity contribution in [3.05, 3.63) is 34.7 Å². The first kappa shape index (κ1) is 15.9. The number of pyridine rings is 1. The van der Waals surface area contributed by atoms with Crippen LogP contribution in [0.15, 0.2) is 34.0 Å². The maximum atomic E-state index is 12.4. The average molecular weight is 374 g/mol. The smallest absolute Gasteiger partial charge is 0.244 e. The number of nitrogens with one attached hydrogen (secondary N) is 2. The van der Waals surface area contributed by atoms with Gasteiger partial charge >= 0.3 is 0 Å². The van der Waals surface area contributed by atoms with Crippen LogP contribution in [0.5, 0.6) is 0 Å². The van der Waals surface area contributed by atoms with E-state index in [4.69, 9.17) is 0 Å². The molecule has 0 aromatic carbocycles. The van der Waals surface area contributed by atoms with Gasteiger partial charge in [-0.15, -0.1) is 0 Å². The molecule has 2 aromatic heterocycles. The number of hydrogen-bond donors (Lipinski definition) is 2. The Morgan fingerprint density at radius 1 is 1.38 bits per heavy atom. The number of sulfonamides is 1. The molecule has 0 radical (unpaired) electrons. The van der Waals surface area contributed by atoms with Crippen molar-refractivity contribution in [3.8, 4) is 0 Å². The Balaban J connectivity index is 2.24. The third-order valence-corrected chi connectivity index (χ3v) is 4.53. The van der Waals surface area contributed by atoms with E-state index in [0.29, 0.717) is 16.8 Å². The summed E-state index contributed by atoms with van der Waals surface area (Å²) < 4.78 is 29.6. The van der Waals surface area contributed by atoms with E-state index in [2.05, 4.69) is 36.1 Å². The van der Waals surface area contributed by atoms with Crippen molar-refractivity contribution < 1.29 is 8.42 Å². The van der Waals surface area contributed by atoms with Gasteiger partial charge in [-0.1, -0.05) is 0 Å². The quantitative estimate of drug-likeness (QED) is 0.800. The molecular weight excluding hydrogens is 358 g/mol. The second-order valence-electron chi connectivity index (χ2n) is 4.38. The Labute approximate surface area is 132 Å². The first-order valence-corrected chi connectivity index (χ1v) is 8.56. The lowest BCUT2D eigenvalue weighted by molar-refractivity contribution is 0.581. The number of anilines is 1. The van der Waals surface area contributed by atoms with E-state index in [1.807, 2.05) is 6.92 Å². The largest absolute Gasteiger partial charge is 0.369 e. The molecule has 114 valence electrons. The number of aromatic nitrogens is 3. The maximum absolute atomic E-state index is 12.4. The van der Waals surface area contributed by atoms with E-state index in [0.717, 1.165) is 5.56 Å². The van der Waals surface area contributed by atoms with Gasteiger partial charge in [-0.3, -0.25) is 4.68 Å². The Bertz CT molecular complexity index is 729. The van der Waals surface area contributed by atoms with Gasteiger partial charge in [0.15, 0.2) is 0 Å². The molecule has 0 saturated carbocycles. The van der Waals surface area contributed by atoms with Crippen molar-refractivity contribution in [3.63, 3.8) is 0 Å². The van der Waals surface area contributed by atoms with Crippen LogP contribution in [0.4, 0.5) is 5.82 Å². The van der Waals surface area contributed by atoms with E-state index >= 15 is 0 Å². The third-order valence-electron chi connectivity index (χ3n) is 2.68. The highest BCUT2D eigenvalue weighted by Crippen LogP contribution is 2.22. The molecule has 0 atom stereocenters. The lowest BCUT2D eigenvalue weighted by Gasteiger charge is -2.11. The van der Waals surface area contributed by atoms with E-state index in [1.54, 1.807) is 30.3 Å². The van der Waals surface area contributed by atoms with Gasteiger partial charge in [-0.2, -0.15) is 5.10 Å². The molecule has 7 nitrogen and oxygen atoms in total. The summed E-state index contributed by atoms with van der Waals surface area (Å²) in [4.78, 5) is 4.21. The molecule has 2 aromatic rings. The summed E-state index contributed by atoms with van der Waals surface area (Å²) >= 11 is 3.24. The van der Waals surface area contributed by atoms with Crippen LogP contribution in [-0.2, 0) is 23.6 Å². The van der Waals surface area contributed by atoms with E-state index in [-0.39, 0.29) is 11.4 Å². The van der Waals surface area contributed by atoms with Crippen LogP contribution in [0.25, 0.3) is 0 Å². The number of hydrogen-bond acceptors (Lipinski definition) is 5. The lowest BCUT2D eigenvalue weighted by atomic mass is 10.4. The second kappa shape index (κ2) is 6.54. The van der Waals surface area contributed by atoms with E-state index in [9.17, 15) is 8.42 Å². The van der Waals surface area contributed by atoms with Gasteiger partial charge in [0, 0.05) is 42.6 Å². The van der Waals surface area contributed by atoms with E-state index < -0.39 is 10.0 Å². The minimum atomic E-state index is -3.67. The zero-order chi connectivity index (χ0) is 15.5. The zero-order valence-corrected chi connectivity index (χ0v) is 14.1. The molecule has 21 heavy (non-hydrogen) atoms. The minimum absolute atomic E-state index is 0.114.